The van der Waals surface area contributed by atoms with E-state index in [0.29, 0.717) is 31.5 Å². The average molecular weight is 578 g/mol. The van der Waals surface area contributed by atoms with Crippen molar-refractivity contribution in [3.63, 3.8) is 0 Å². The van der Waals surface area contributed by atoms with Crippen LogP contribution in [-0.2, 0) is 16.0 Å². The number of fused-ring (bicyclic) bond motifs is 6. The predicted octanol–water partition coefficient (Wildman–Crippen LogP) is 5.20. The van der Waals surface area contributed by atoms with Crippen LogP contribution in [0, 0.1) is 34.4 Å². The summed E-state index contributed by atoms with van der Waals surface area (Å²) >= 11 is 4.26. The number of nitrogens with zero attached hydrogens (tertiary/aromatic N) is 3. The van der Waals surface area contributed by atoms with Gasteiger partial charge in [-0.05, 0) is 97.6 Å². The van der Waals surface area contributed by atoms with E-state index in [4.69, 9.17) is 9.15 Å². The monoisotopic (exact) mass is 577 g/mol. The number of thiol groups is 1. The number of rotatable bonds is 4. The molecule has 3 aromatic rings. The molecule has 0 radical (unpaired) electrons. The molecule has 0 aromatic carbocycles. The molecule has 41 heavy (non-hydrogen) atoms. The van der Waals surface area contributed by atoms with Crippen molar-refractivity contribution in [1.82, 2.24) is 14.8 Å². The molecule has 0 spiro atoms. The first-order valence-electron chi connectivity index (χ1n) is 14.2. The van der Waals surface area contributed by atoms with Crippen molar-refractivity contribution in [3.05, 3.63) is 71.3 Å². The van der Waals surface area contributed by atoms with Crippen LogP contribution in [0.2, 0.25) is 0 Å². The van der Waals surface area contributed by atoms with Crippen LogP contribution in [0.1, 0.15) is 67.8 Å². The zero-order valence-corrected chi connectivity index (χ0v) is 23.8. The van der Waals surface area contributed by atoms with Crippen LogP contribution in [-0.4, -0.2) is 42.7 Å². The average Bonchev–Trinajstić information content (AvgIpc) is 3.66. The van der Waals surface area contributed by atoms with E-state index in [1.165, 1.54) is 30.2 Å². The summed E-state index contributed by atoms with van der Waals surface area (Å²) < 4.78 is 26.5. The fourth-order valence-corrected chi connectivity index (χ4v) is 9.43. The highest BCUT2D eigenvalue weighted by atomic mass is 32.1. The smallest absolute Gasteiger partial charge is 0.375 e. The van der Waals surface area contributed by atoms with Crippen LogP contribution in [0.3, 0.4) is 0 Å². The van der Waals surface area contributed by atoms with Gasteiger partial charge in [0.05, 0.1) is 30.5 Å². The Hall–Kier alpha value is -3.24. The van der Waals surface area contributed by atoms with Gasteiger partial charge in [0.25, 0.3) is 0 Å². The third-order valence-electron chi connectivity index (χ3n) is 10.8. The molecule has 3 aromatic heterocycles. The number of hydrogen-bond acceptors (Lipinski definition) is 7. The van der Waals surface area contributed by atoms with Crippen molar-refractivity contribution in [2.45, 2.75) is 64.1 Å². The first-order chi connectivity index (χ1) is 19.6. The maximum Gasteiger partial charge on any atom is 0.375 e. The largest absolute Gasteiger partial charge is 0.457 e. The first-order valence-corrected chi connectivity index (χ1v) is 14.6. The van der Waals surface area contributed by atoms with Crippen LogP contribution in [0.4, 0.5) is 4.39 Å². The van der Waals surface area contributed by atoms with Gasteiger partial charge in [-0.15, -0.1) is 12.6 Å². The summed E-state index contributed by atoms with van der Waals surface area (Å²) in [4.78, 5) is 30.4. The van der Waals surface area contributed by atoms with Crippen molar-refractivity contribution in [2.24, 2.45) is 28.6 Å². The minimum atomic E-state index is -1.45. The molecule has 3 saturated carbocycles. The summed E-state index contributed by atoms with van der Waals surface area (Å²) in [5.74, 6) is -0.325. The Kier molecular flexibility index (Phi) is 5.93. The maximum atomic E-state index is 13.5. The number of carbonyl (C=O) groups excluding carboxylic acids is 2. The molecule has 214 valence electrons. The molecule has 7 rings (SSSR count). The molecule has 7 atom stereocenters. The molecular weight excluding hydrogens is 545 g/mol. The lowest BCUT2D eigenvalue weighted by Crippen LogP contribution is -2.62. The quantitative estimate of drug-likeness (QED) is 0.324. The summed E-state index contributed by atoms with van der Waals surface area (Å²) in [6.45, 7) is 4.22. The van der Waals surface area contributed by atoms with Gasteiger partial charge < -0.3 is 14.3 Å². The van der Waals surface area contributed by atoms with Gasteiger partial charge in [-0.25, -0.2) is 18.9 Å². The third kappa shape index (κ3) is 3.69. The van der Waals surface area contributed by atoms with Gasteiger partial charge >= 0.3 is 5.97 Å². The zero-order valence-electron chi connectivity index (χ0n) is 22.9. The first kappa shape index (κ1) is 26.6. The SMILES string of the molecule is C[C@]12Cc3cnn(-c4ccc(F)cn4)c3C=C1CC[C@@H]1[C@@H]2[C@@H](O)C[C@@]2(C)[C@H]1CC[C@]2(OC(=O)c1ccco1)C(=O)S. The number of halogens is 1. The molecule has 4 aliphatic rings. The number of ether oxygens (including phenoxy) is 1. The predicted molar refractivity (Wildman–Crippen MR) is 150 cm³/mol. The van der Waals surface area contributed by atoms with E-state index in [2.05, 4.69) is 35.7 Å². The number of esters is 1. The maximum absolute atomic E-state index is 13.5. The highest BCUT2D eigenvalue weighted by molar-refractivity contribution is 7.96. The lowest BCUT2D eigenvalue weighted by atomic mass is 9.45. The molecule has 1 N–H and O–H groups in total. The Bertz CT molecular complexity index is 1570. The fraction of sp³-hybridized carbons (Fsp3) is 0.484. The lowest BCUT2D eigenvalue weighted by molar-refractivity contribution is -0.174. The van der Waals surface area contributed by atoms with Crippen molar-refractivity contribution in [1.29, 1.82) is 0 Å². The van der Waals surface area contributed by atoms with Crippen LogP contribution in [0.15, 0.2) is 52.9 Å². The number of hydrogen-bond donors (Lipinski definition) is 2. The second-order valence-corrected chi connectivity index (χ2v) is 13.0. The summed E-state index contributed by atoms with van der Waals surface area (Å²) in [6, 6.07) is 6.11. The molecule has 0 saturated heterocycles. The van der Waals surface area contributed by atoms with Gasteiger partial charge in [0.15, 0.2) is 11.4 Å². The molecule has 3 fully saturated rings. The van der Waals surface area contributed by atoms with Crippen molar-refractivity contribution in [2.75, 3.05) is 0 Å². The van der Waals surface area contributed by atoms with Gasteiger partial charge in [0.2, 0.25) is 10.9 Å². The molecule has 4 aliphatic carbocycles. The van der Waals surface area contributed by atoms with Gasteiger partial charge in [-0.1, -0.05) is 19.4 Å². The fourth-order valence-electron chi connectivity index (χ4n) is 9.01. The minimum absolute atomic E-state index is 0.0346. The van der Waals surface area contributed by atoms with E-state index >= 15 is 0 Å². The highest BCUT2D eigenvalue weighted by Gasteiger charge is 2.70. The van der Waals surface area contributed by atoms with Gasteiger partial charge in [0, 0.05) is 5.41 Å². The van der Waals surface area contributed by atoms with Crippen LogP contribution < -0.4 is 0 Å². The number of aliphatic hydroxyl groups is 1. The Labute approximate surface area is 242 Å². The number of allylic oxidation sites excluding steroid dienone is 1. The standard InChI is InChI=1S/C31H32FN3O5S/c1-29-13-17-15-34-35(25-8-6-19(32)16-33-25)22(17)12-18(29)5-7-20-21-9-10-31(28(38)41,30(21,2)14-23(36)26(20)29)40-27(37)24-4-3-11-39-24/h3-4,6,8,11-12,15-16,20-21,23,26,36H,5,7,9-10,13-14H2,1-2H3,(H,38,41)/t20-,21-,23-,26+,29-,30-,31-/m0/s1. The van der Waals surface area contributed by atoms with Gasteiger partial charge in [-0.2, -0.15) is 5.10 Å². The third-order valence-corrected chi connectivity index (χ3v) is 11.2. The minimum Gasteiger partial charge on any atom is -0.457 e. The molecule has 0 unspecified atom stereocenters. The summed E-state index contributed by atoms with van der Waals surface area (Å²) in [6.07, 6.45) is 9.68. The van der Waals surface area contributed by atoms with E-state index in [1.807, 2.05) is 13.1 Å². The van der Waals surface area contributed by atoms with Gasteiger partial charge in [0.1, 0.15) is 5.82 Å². The summed E-state index contributed by atoms with van der Waals surface area (Å²) in [5, 5.41) is 16.0. The Morgan fingerprint density at radius 3 is 2.76 bits per heavy atom. The molecule has 0 bridgehead atoms. The second-order valence-electron chi connectivity index (χ2n) is 12.6. The summed E-state index contributed by atoms with van der Waals surface area (Å²) in [7, 11) is 0. The topological polar surface area (TPSA) is 107 Å². The molecule has 10 heteroatoms. The van der Waals surface area contributed by atoms with Crippen LogP contribution in [0.25, 0.3) is 11.9 Å². The molecular formula is C31H32FN3O5S. The zero-order chi connectivity index (χ0) is 28.7. The lowest BCUT2D eigenvalue weighted by Gasteiger charge is -2.60. The van der Waals surface area contributed by atoms with E-state index in [-0.39, 0.29) is 28.9 Å². The van der Waals surface area contributed by atoms with E-state index in [0.717, 1.165) is 24.1 Å². The van der Waals surface area contributed by atoms with E-state index in [1.54, 1.807) is 16.8 Å². The van der Waals surface area contributed by atoms with Crippen molar-refractivity contribution in [3.8, 4) is 5.82 Å². The molecule has 3 heterocycles. The van der Waals surface area contributed by atoms with Gasteiger partial charge in [-0.3, -0.25) is 4.79 Å². The number of pyridine rings is 1. The molecule has 8 nitrogen and oxygen atoms in total. The van der Waals surface area contributed by atoms with Crippen LogP contribution >= 0.6 is 12.6 Å². The summed E-state index contributed by atoms with van der Waals surface area (Å²) in [5.41, 5.74) is 0.735. The Balaban J connectivity index is 1.22. The molecule has 0 amide bonds. The highest BCUT2D eigenvalue weighted by Crippen LogP contribution is 2.68. The Morgan fingerprint density at radius 1 is 1.22 bits per heavy atom. The Morgan fingerprint density at radius 2 is 2.05 bits per heavy atom. The normalized spacial score (nSPS) is 35.5. The van der Waals surface area contributed by atoms with Crippen molar-refractivity contribution >= 4 is 29.8 Å². The van der Waals surface area contributed by atoms with Crippen LogP contribution in [0.5, 0.6) is 0 Å². The second kappa shape index (κ2) is 9.13. The number of aliphatic hydroxyl groups excluding tert-OH is 1. The van der Waals surface area contributed by atoms with E-state index < -0.39 is 34.0 Å². The number of aromatic nitrogens is 3. The number of furan rings is 1. The molecule has 0 aliphatic heterocycles. The van der Waals surface area contributed by atoms with E-state index in [9.17, 15) is 19.1 Å². The number of carbonyl (C=O) groups is 2. The van der Waals surface area contributed by atoms with Crippen molar-refractivity contribution < 1.29 is 28.2 Å².